The van der Waals surface area contributed by atoms with Gasteiger partial charge in [-0.2, -0.15) is 13.2 Å². The van der Waals surface area contributed by atoms with Crippen LogP contribution >= 0.6 is 12.4 Å². The zero-order valence-corrected chi connectivity index (χ0v) is 12.0. The van der Waals surface area contributed by atoms with E-state index in [0.29, 0.717) is 12.1 Å². The van der Waals surface area contributed by atoms with Crippen LogP contribution in [0.15, 0.2) is 18.2 Å². The molecule has 1 aliphatic heterocycles. The number of aromatic nitrogens is 1. The molecule has 0 aliphatic carbocycles. The van der Waals surface area contributed by atoms with Gasteiger partial charge in [-0.1, -0.05) is 0 Å². The normalized spacial score (nSPS) is 18.8. The minimum atomic E-state index is -4.29. The molecule has 0 amide bonds. The molecule has 0 radical (unpaired) electrons. The van der Waals surface area contributed by atoms with Crippen molar-refractivity contribution in [1.29, 1.82) is 0 Å². The van der Waals surface area contributed by atoms with Gasteiger partial charge in [-0.25, -0.2) is 0 Å². The molecule has 0 saturated carbocycles. The van der Waals surface area contributed by atoms with Crippen molar-refractivity contribution in [2.24, 2.45) is 0 Å². The molecular formula is C14H16ClF3N2. The van der Waals surface area contributed by atoms with Crippen LogP contribution in [-0.2, 0) is 12.7 Å². The summed E-state index contributed by atoms with van der Waals surface area (Å²) >= 11 is 0. The van der Waals surface area contributed by atoms with E-state index in [4.69, 9.17) is 0 Å². The number of benzene rings is 1. The van der Waals surface area contributed by atoms with Crippen molar-refractivity contribution in [3.05, 3.63) is 35.0 Å². The molecule has 1 atom stereocenters. The molecule has 0 spiro atoms. The molecule has 0 bridgehead atoms. The van der Waals surface area contributed by atoms with Crippen molar-refractivity contribution >= 4 is 23.3 Å². The number of hydrogen-bond donors (Lipinski definition) is 1. The minimum Gasteiger partial charge on any atom is -0.339 e. The van der Waals surface area contributed by atoms with Crippen LogP contribution in [-0.4, -0.2) is 11.1 Å². The first-order valence-electron chi connectivity index (χ1n) is 6.30. The maximum absolute atomic E-state index is 13.0. The highest BCUT2D eigenvalue weighted by Gasteiger charge is 2.33. The summed E-state index contributed by atoms with van der Waals surface area (Å²) in [6.45, 7) is 5.02. The first-order valence-corrected chi connectivity index (χ1v) is 6.30. The summed E-state index contributed by atoms with van der Waals surface area (Å²) < 4.78 is 41.0. The van der Waals surface area contributed by atoms with E-state index < -0.39 is 11.7 Å². The lowest BCUT2D eigenvalue weighted by atomic mass is 10.1. The third-order valence-corrected chi connectivity index (χ3v) is 3.76. The predicted molar refractivity (Wildman–Crippen MR) is 75.3 cm³/mol. The standard InChI is InChI=1S/C14H15F3N2.ClH/c1-8-3-10-4-11-7-18-6-9(2)19(11)13(10)5-12(8)14(15,16)17;/h3-5,9,18H,6-7H2,1-2H3;1H. The number of nitrogens with one attached hydrogen (secondary N) is 1. The number of halogens is 4. The highest BCUT2D eigenvalue weighted by Crippen LogP contribution is 2.36. The van der Waals surface area contributed by atoms with Crippen LogP contribution in [0.5, 0.6) is 0 Å². The second-order valence-electron chi connectivity index (χ2n) is 5.21. The van der Waals surface area contributed by atoms with Gasteiger partial charge >= 0.3 is 6.18 Å². The second-order valence-corrected chi connectivity index (χ2v) is 5.21. The Hall–Kier alpha value is -1.20. The number of fused-ring (bicyclic) bond motifs is 3. The summed E-state index contributed by atoms with van der Waals surface area (Å²) in [6.07, 6.45) is -4.29. The van der Waals surface area contributed by atoms with Gasteiger partial charge in [-0.15, -0.1) is 12.4 Å². The molecule has 1 N–H and O–H groups in total. The maximum atomic E-state index is 13.0. The Kier molecular flexibility index (Phi) is 3.77. The highest BCUT2D eigenvalue weighted by atomic mass is 35.5. The summed E-state index contributed by atoms with van der Waals surface area (Å²) in [6, 6.07) is 5.07. The van der Waals surface area contributed by atoms with Crippen LogP contribution in [0, 0.1) is 6.92 Å². The molecule has 2 nitrogen and oxygen atoms in total. The fraction of sp³-hybridized carbons (Fsp3) is 0.429. The van der Waals surface area contributed by atoms with Gasteiger partial charge in [0.05, 0.1) is 5.56 Å². The summed E-state index contributed by atoms with van der Waals surface area (Å²) in [7, 11) is 0. The largest absolute Gasteiger partial charge is 0.416 e. The van der Waals surface area contributed by atoms with Crippen molar-refractivity contribution in [2.45, 2.75) is 32.6 Å². The van der Waals surface area contributed by atoms with Crippen LogP contribution in [0.3, 0.4) is 0 Å². The van der Waals surface area contributed by atoms with Gasteiger partial charge in [0.2, 0.25) is 0 Å². The zero-order chi connectivity index (χ0) is 13.8. The monoisotopic (exact) mass is 304 g/mol. The molecule has 0 fully saturated rings. The Labute approximate surface area is 121 Å². The molecular weight excluding hydrogens is 289 g/mol. The minimum absolute atomic E-state index is 0. The molecule has 6 heteroatoms. The number of alkyl halides is 3. The lowest BCUT2D eigenvalue weighted by Gasteiger charge is -2.25. The van der Waals surface area contributed by atoms with Gasteiger partial charge in [0, 0.05) is 35.7 Å². The van der Waals surface area contributed by atoms with Crippen LogP contribution < -0.4 is 5.32 Å². The lowest BCUT2D eigenvalue weighted by molar-refractivity contribution is -0.137. The molecule has 1 aromatic heterocycles. The van der Waals surface area contributed by atoms with E-state index in [1.54, 1.807) is 6.07 Å². The number of nitrogens with zero attached hydrogens (tertiary/aromatic N) is 1. The van der Waals surface area contributed by atoms with Crippen LogP contribution in [0.1, 0.15) is 29.8 Å². The van der Waals surface area contributed by atoms with E-state index in [-0.39, 0.29) is 24.0 Å². The Bertz CT molecular complexity index is 646. The molecule has 3 rings (SSSR count). The van der Waals surface area contributed by atoms with E-state index >= 15 is 0 Å². The summed E-state index contributed by atoms with van der Waals surface area (Å²) in [4.78, 5) is 0. The van der Waals surface area contributed by atoms with E-state index in [9.17, 15) is 13.2 Å². The first-order chi connectivity index (χ1) is 8.88. The third-order valence-electron chi connectivity index (χ3n) is 3.76. The molecule has 1 unspecified atom stereocenters. The first kappa shape index (κ1) is 15.2. The molecule has 110 valence electrons. The highest BCUT2D eigenvalue weighted by molar-refractivity contribution is 5.85. The smallest absolute Gasteiger partial charge is 0.339 e. The maximum Gasteiger partial charge on any atom is 0.416 e. The SMILES string of the molecule is Cc1cc2cc3n(c2cc1C(F)(F)F)C(C)CNC3.Cl. The Balaban J connectivity index is 0.00000147. The third kappa shape index (κ3) is 2.29. The van der Waals surface area contributed by atoms with Gasteiger partial charge in [0.1, 0.15) is 0 Å². The number of aryl methyl sites for hydroxylation is 1. The van der Waals surface area contributed by atoms with E-state index in [1.807, 2.05) is 17.6 Å². The van der Waals surface area contributed by atoms with E-state index in [1.165, 1.54) is 13.0 Å². The predicted octanol–water partition coefficient (Wildman–Crippen LogP) is 4.05. The zero-order valence-electron chi connectivity index (χ0n) is 11.2. The summed E-state index contributed by atoms with van der Waals surface area (Å²) in [5, 5.41) is 4.15. The average Bonchev–Trinajstić information content (AvgIpc) is 2.64. The molecule has 1 aliphatic rings. The molecule has 1 aromatic carbocycles. The van der Waals surface area contributed by atoms with Crippen molar-refractivity contribution in [3.8, 4) is 0 Å². The molecule has 2 aromatic rings. The molecule has 20 heavy (non-hydrogen) atoms. The van der Waals surface area contributed by atoms with Crippen molar-refractivity contribution < 1.29 is 13.2 Å². The van der Waals surface area contributed by atoms with Gasteiger partial charge in [-0.05, 0) is 37.6 Å². The lowest BCUT2D eigenvalue weighted by Crippen LogP contribution is -2.30. The molecule has 2 heterocycles. The van der Waals surface area contributed by atoms with Crippen LogP contribution in [0.2, 0.25) is 0 Å². The van der Waals surface area contributed by atoms with Gasteiger partial charge in [0.25, 0.3) is 0 Å². The van der Waals surface area contributed by atoms with Gasteiger partial charge in [0.15, 0.2) is 0 Å². The van der Waals surface area contributed by atoms with Crippen molar-refractivity contribution in [1.82, 2.24) is 9.88 Å². The quantitative estimate of drug-likeness (QED) is 0.777. The Morgan fingerprint density at radius 2 is 1.95 bits per heavy atom. The number of rotatable bonds is 0. The summed E-state index contributed by atoms with van der Waals surface area (Å²) in [5.41, 5.74) is 1.48. The van der Waals surface area contributed by atoms with Crippen molar-refractivity contribution in [3.63, 3.8) is 0 Å². The van der Waals surface area contributed by atoms with Crippen LogP contribution in [0.4, 0.5) is 13.2 Å². The number of hydrogen-bond acceptors (Lipinski definition) is 1. The fourth-order valence-corrected chi connectivity index (χ4v) is 2.91. The molecule has 0 saturated heterocycles. The summed E-state index contributed by atoms with van der Waals surface area (Å²) in [5.74, 6) is 0. The van der Waals surface area contributed by atoms with Gasteiger partial charge in [-0.3, -0.25) is 0 Å². The van der Waals surface area contributed by atoms with Gasteiger partial charge < -0.3 is 9.88 Å². The fourth-order valence-electron chi connectivity index (χ4n) is 2.91. The Morgan fingerprint density at radius 3 is 2.60 bits per heavy atom. The van der Waals surface area contributed by atoms with Crippen molar-refractivity contribution in [2.75, 3.05) is 6.54 Å². The average molecular weight is 305 g/mol. The van der Waals surface area contributed by atoms with Crippen LogP contribution in [0.25, 0.3) is 10.9 Å². The Morgan fingerprint density at radius 1 is 1.25 bits per heavy atom. The second kappa shape index (κ2) is 4.97. The van der Waals surface area contributed by atoms with E-state index in [0.717, 1.165) is 17.6 Å². The van der Waals surface area contributed by atoms with E-state index in [2.05, 4.69) is 5.32 Å². The topological polar surface area (TPSA) is 17.0 Å².